The van der Waals surface area contributed by atoms with Gasteiger partial charge in [0.15, 0.2) is 0 Å². The zero-order valence-electron chi connectivity index (χ0n) is 14.3. The molecule has 0 bridgehead atoms. The van der Waals surface area contributed by atoms with Gasteiger partial charge in [0.25, 0.3) is 5.69 Å². The van der Waals surface area contributed by atoms with Gasteiger partial charge >= 0.3 is 0 Å². The first-order valence-corrected chi connectivity index (χ1v) is 8.88. The Hall–Kier alpha value is -3.00. The van der Waals surface area contributed by atoms with Crippen LogP contribution in [-0.4, -0.2) is 34.7 Å². The first-order chi connectivity index (χ1) is 12.5. The largest absolute Gasteiger partial charge is 0.350 e. The molecule has 0 saturated carbocycles. The van der Waals surface area contributed by atoms with E-state index in [1.54, 1.807) is 30.4 Å². The molecule has 0 atom stereocenters. The lowest BCUT2D eigenvalue weighted by atomic mass is 10.2. The van der Waals surface area contributed by atoms with Crippen molar-refractivity contribution in [3.8, 4) is 0 Å². The van der Waals surface area contributed by atoms with E-state index in [4.69, 9.17) is 0 Å². The number of amides is 2. The van der Waals surface area contributed by atoms with E-state index in [9.17, 15) is 19.7 Å². The maximum Gasteiger partial charge on any atom is 0.270 e. The summed E-state index contributed by atoms with van der Waals surface area (Å²) in [5.74, 6) is -0.567. The predicted molar refractivity (Wildman–Crippen MR) is 101 cm³/mol. The van der Waals surface area contributed by atoms with E-state index in [2.05, 4.69) is 5.32 Å². The Morgan fingerprint density at radius 3 is 2.77 bits per heavy atom. The molecule has 2 amide bonds. The fourth-order valence-electron chi connectivity index (χ4n) is 2.19. The van der Waals surface area contributed by atoms with E-state index in [0.717, 1.165) is 4.88 Å². The summed E-state index contributed by atoms with van der Waals surface area (Å²) in [7, 11) is 0. The predicted octanol–water partition coefficient (Wildman–Crippen LogP) is 2.83. The fourth-order valence-corrected chi connectivity index (χ4v) is 2.83. The fraction of sp³-hybridized carbons (Fsp3) is 0.222. The van der Waals surface area contributed by atoms with Crippen LogP contribution in [0.2, 0.25) is 0 Å². The molecule has 0 aliphatic heterocycles. The van der Waals surface area contributed by atoms with Gasteiger partial charge in [-0.25, -0.2) is 0 Å². The van der Waals surface area contributed by atoms with E-state index in [1.807, 2.05) is 17.5 Å². The maximum absolute atomic E-state index is 12.3. The highest BCUT2D eigenvalue weighted by Crippen LogP contribution is 2.14. The van der Waals surface area contributed by atoms with Crippen molar-refractivity contribution in [1.82, 2.24) is 10.2 Å². The van der Waals surface area contributed by atoms with Crippen LogP contribution >= 0.6 is 11.3 Å². The zero-order chi connectivity index (χ0) is 18.9. The number of thiophene rings is 1. The van der Waals surface area contributed by atoms with Crippen molar-refractivity contribution in [3.05, 3.63) is 68.4 Å². The van der Waals surface area contributed by atoms with Crippen molar-refractivity contribution in [1.29, 1.82) is 0 Å². The van der Waals surface area contributed by atoms with Crippen molar-refractivity contribution < 1.29 is 14.5 Å². The molecule has 1 aromatic carbocycles. The van der Waals surface area contributed by atoms with Crippen LogP contribution in [0.1, 0.15) is 17.4 Å². The Bertz CT molecular complexity index is 803. The number of nitro benzene ring substituents is 1. The molecule has 0 spiro atoms. The summed E-state index contributed by atoms with van der Waals surface area (Å²) in [6.07, 6.45) is 2.82. The third-order valence-corrected chi connectivity index (χ3v) is 4.44. The number of non-ortho nitro benzene ring substituents is 1. The lowest BCUT2D eigenvalue weighted by molar-refractivity contribution is -0.384. The highest BCUT2D eigenvalue weighted by atomic mass is 32.1. The number of carbonyl (C=O) groups excluding carboxylic acids is 2. The van der Waals surface area contributed by atoms with E-state index in [0.29, 0.717) is 18.7 Å². The lowest BCUT2D eigenvalue weighted by Gasteiger charge is -2.18. The van der Waals surface area contributed by atoms with E-state index < -0.39 is 4.92 Å². The van der Waals surface area contributed by atoms with Crippen LogP contribution in [0.4, 0.5) is 5.69 Å². The number of nitrogens with one attached hydrogen (secondary N) is 1. The van der Waals surface area contributed by atoms with Crippen molar-refractivity contribution in [2.24, 2.45) is 0 Å². The molecule has 1 aromatic heterocycles. The third kappa shape index (κ3) is 5.82. The van der Waals surface area contributed by atoms with Gasteiger partial charge in [0.1, 0.15) is 0 Å². The number of nitrogens with zero attached hydrogens (tertiary/aromatic N) is 2. The standard InChI is InChI=1S/C18H19N3O4S/c1-2-20(13-17(22)19-12-16-7-4-10-26-16)18(23)9-8-14-5-3-6-15(11-14)21(24)25/h3-11H,2,12-13H2,1H3,(H,19,22)/b9-8+. The monoisotopic (exact) mass is 373 g/mol. The molecule has 0 unspecified atom stereocenters. The Labute approximate surface area is 155 Å². The molecule has 136 valence electrons. The van der Waals surface area contributed by atoms with Crippen molar-refractivity contribution in [2.45, 2.75) is 13.5 Å². The van der Waals surface area contributed by atoms with Gasteiger partial charge in [-0.15, -0.1) is 11.3 Å². The van der Waals surface area contributed by atoms with Crippen LogP contribution in [0.15, 0.2) is 47.9 Å². The second kappa shape index (κ2) is 9.47. The summed E-state index contributed by atoms with van der Waals surface area (Å²) in [6, 6.07) is 9.82. The molecule has 1 heterocycles. The number of rotatable bonds is 8. The van der Waals surface area contributed by atoms with Gasteiger partial charge < -0.3 is 10.2 Å². The topological polar surface area (TPSA) is 92.6 Å². The SMILES string of the molecule is CCN(CC(=O)NCc1cccs1)C(=O)/C=C/c1cccc([N+](=O)[O-])c1. The van der Waals surface area contributed by atoms with Crippen LogP contribution in [0.25, 0.3) is 6.08 Å². The van der Waals surface area contributed by atoms with Gasteiger partial charge in [-0.2, -0.15) is 0 Å². The molecular weight excluding hydrogens is 354 g/mol. The van der Waals surface area contributed by atoms with Gasteiger partial charge in [0, 0.05) is 29.6 Å². The van der Waals surface area contributed by atoms with Gasteiger partial charge in [-0.3, -0.25) is 19.7 Å². The molecule has 26 heavy (non-hydrogen) atoms. The number of hydrogen-bond acceptors (Lipinski definition) is 5. The zero-order valence-corrected chi connectivity index (χ0v) is 15.1. The van der Waals surface area contributed by atoms with Crippen molar-refractivity contribution in [3.63, 3.8) is 0 Å². The van der Waals surface area contributed by atoms with Gasteiger partial charge in [0.05, 0.1) is 18.0 Å². The minimum absolute atomic E-state index is 0.0417. The molecule has 0 saturated heterocycles. The Kier molecular flexibility index (Phi) is 7.04. The van der Waals surface area contributed by atoms with Crippen molar-refractivity contribution in [2.75, 3.05) is 13.1 Å². The Morgan fingerprint density at radius 1 is 1.31 bits per heavy atom. The second-order valence-corrected chi connectivity index (χ2v) is 6.43. The minimum atomic E-state index is -0.491. The second-order valence-electron chi connectivity index (χ2n) is 5.39. The minimum Gasteiger partial charge on any atom is -0.350 e. The molecule has 2 rings (SSSR count). The average Bonchev–Trinajstić information content (AvgIpc) is 3.16. The van der Waals surface area contributed by atoms with E-state index in [1.165, 1.54) is 29.2 Å². The summed E-state index contributed by atoms with van der Waals surface area (Å²) in [5.41, 5.74) is 0.505. The summed E-state index contributed by atoms with van der Waals surface area (Å²) in [5, 5.41) is 15.5. The van der Waals surface area contributed by atoms with Crippen LogP contribution < -0.4 is 5.32 Å². The number of likely N-dealkylation sites (N-methyl/N-ethyl adjacent to an activating group) is 1. The van der Waals surface area contributed by atoms with Crippen LogP contribution in [0, 0.1) is 10.1 Å². The first kappa shape index (κ1) is 19.3. The molecule has 7 nitrogen and oxygen atoms in total. The molecule has 0 radical (unpaired) electrons. The number of benzene rings is 1. The number of carbonyl (C=O) groups is 2. The molecular formula is C18H19N3O4S. The van der Waals surface area contributed by atoms with E-state index >= 15 is 0 Å². The highest BCUT2D eigenvalue weighted by molar-refractivity contribution is 7.09. The summed E-state index contributed by atoms with van der Waals surface area (Å²) < 4.78 is 0. The summed E-state index contributed by atoms with van der Waals surface area (Å²) >= 11 is 1.55. The lowest BCUT2D eigenvalue weighted by Crippen LogP contribution is -2.39. The quantitative estimate of drug-likeness (QED) is 0.437. The Morgan fingerprint density at radius 2 is 2.12 bits per heavy atom. The van der Waals surface area contributed by atoms with Crippen LogP contribution in [0.3, 0.4) is 0 Å². The maximum atomic E-state index is 12.3. The van der Waals surface area contributed by atoms with E-state index in [-0.39, 0.29) is 24.0 Å². The van der Waals surface area contributed by atoms with Gasteiger partial charge in [-0.1, -0.05) is 18.2 Å². The molecule has 2 aromatic rings. The number of nitro groups is 1. The van der Waals surface area contributed by atoms with Gasteiger partial charge in [-0.05, 0) is 30.0 Å². The number of hydrogen-bond donors (Lipinski definition) is 1. The first-order valence-electron chi connectivity index (χ1n) is 8.00. The summed E-state index contributed by atoms with van der Waals surface area (Å²) in [4.78, 5) is 37.0. The van der Waals surface area contributed by atoms with Crippen LogP contribution in [0.5, 0.6) is 0 Å². The summed E-state index contributed by atoms with van der Waals surface area (Å²) in [6.45, 7) is 2.56. The Balaban J connectivity index is 1.91. The third-order valence-electron chi connectivity index (χ3n) is 3.57. The van der Waals surface area contributed by atoms with Gasteiger partial charge in [0.2, 0.25) is 11.8 Å². The molecule has 8 heteroatoms. The smallest absolute Gasteiger partial charge is 0.270 e. The molecule has 1 N–H and O–H groups in total. The van der Waals surface area contributed by atoms with Crippen molar-refractivity contribution >= 4 is 34.9 Å². The highest BCUT2D eigenvalue weighted by Gasteiger charge is 2.13. The van der Waals surface area contributed by atoms with Crippen LogP contribution in [-0.2, 0) is 16.1 Å². The molecule has 0 fully saturated rings. The molecule has 0 aliphatic carbocycles. The average molecular weight is 373 g/mol. The molecule has 0 aliphatic rings. The normalized spacial score (nSPS) is 10.7.